The van der Waals surface area contributed by atoms with Gasteiger partial charge in [-0.15, -0.1) is 0 Å². The molecule has 0 spiro atoms. The third-order valence-corrected chi connectivity index (χ3v) is 4.96. The summed E-state index contributed by atoms with van der Waals surface area (Å²) < 4.78 is 2.38. The number of hydrogen-bond donors (Lipinski definition) is 1. The highest BCUT2D eigenvalue weighted by Crippen LogP contribution is 2.47. The smallest absolute Gasteiger partial charge is 0.112 e. The summed E-state index contributed by atoms with van der Waals surface area (Å²) in [4.78, 5) is 2.56. The van der Waals surface area contributed by atoms with E-state index in [0.29, 0.717) is 0 Å². The molecule has 1 atom stereocenters. The highest BCUT2D eigenvalue weighted by atomic mass is 15.3. The Morgan fingerprint density at radius 3 is 2.68 bits per heavy atom. The fourth-order valence-corrected chi connectivity index (χ4v) is 3.93. The normalized spacial score (nSPS) is 20.1. The van der Waals surface area contributed by atoms with Crippen molar-refractivity contribution in [2.45, 2.75) is 31.7 Å². The van der Waals surface area contributed by atoms with E-state index in [9.17, 15) is 0 Å². The fraction of sp³-hybridized carbons (Fsp3) is 0.500. The summed E-state index contributed by atoms with van der Waals surface area (Å²) >= 11 is 0. The molecule has 1 aromatic heterocycles. The summed E-state index contributed by atoms with van der Waals surface area (Å²) in [6.07, 6.45) is 2.63. The van der Waals surface area contributed by atoms with Gasteiger partial charge in [-0.2, -0.15) is 0 Å². The van der Waals surface area contributed by atoms with Crippen molar-refractivity contribution in [3.63, 3.8) is 0 Å². The zero-order chi connectivity index (χ0) is 13.1. The molecular formula is C16H21N3. The Hall–Kier alpha value is -1.48. The molecule has 2 N–H and O–H groups in total. The highest BCUT2D eigenvalue weighted by molar-refractivity contribution is 5.92. The van der Waals surface area contributed by atoms with Gasteiger partial charge in [-0.1, -0.05) is 6.07 Å². The minimum Gasteiger partial charge on any atom is -0.358 e. The molecule has 5 rings (SSSR count). The number of aromatic nitrogens is 1. The molecule has 3 nitrogen and oxygen atoms in total. The Labute approximate surface area is 114 Å². The Kier molecular flexibility index (Phi) is 2.25. The Bertz CT molecular complexity index is 646. The first-order valence-electron chi connectivity index (χ1n) is 7.29. The van der Waals surface area contributed by atoms with Crippen molar-refractivity contribution in [2.24, 2.45) is 12.8 Å². The van der Waals surface area contributed by atoms with Crippen LogP contribution in [0.3, 0.4) is 0 Å². The molecule has 0 radical (unpaired) electrons. The molecule has 3 aliphatic heterocycles. The molecule has 19 heavy (non-hydrogen) atoms. The Balaban J connectivity index is 2.04. The van der Waals surface area contributed by atoms with E-state index >= 15 is 0 Å². The predicted molar refractivity (Wildman–Crippen MR) is 79.7 cm³/mol. The van der Waals surface area contributed by atoms with E-state index in [4.69, 9.17) is 5.73 Å². The number of nitrogens with two attached hydrogens (primary N) is 1. The maximum atomic E-state index is 6.05. The first-order valence-corrected chi connectivity index (χ1v) is 7.29. The van der Waals surface area contributed by atoms with Crippen molar-refractivity contribution in [3.8, 4) is 0 Å². The molecule has 3 heteroatoms. The number of nitrogens with zero attached hydrogens (tertiary/aromatic N) is 2. The number of rotatable bonds is 1. The van der Waals surface area contributed by atoms with Crippen molar-refractivity contribution in [1.82, 2.24) is 4.57 Å². The number of fused-ring (bicyclic) bond motifs is 3. The highest BCUT2D eigenvalue weighted by Gasteiger charge is 2.35. The van der Waals surface area contributed by atoms with E-state index in [1.807, 2.05) is 0 Å². The number of hydrogen-bond acceptors (Lipinski definition) is 2. The molecule has 2 bridgehead atoms. The zero-order valence-corrected chi connectivity index (χ0v) is 11.7. The lowest BCUT2D eigenvalue weighted by Gasteiger charge is -2.41. The summed E-state index contributed by atoms with van der Waals surface area (Å²) in [5.41, 5.74) is 10.2. The molecule has 2 aromatic rings. The third-order valence-electron chi connectivity index (χ3n) is 4.96. The molecule has 0 amide bonds. The van der Waals surface area contributed by atoms with Crippen molar-refractivity contribution in [3.05, 3.63) is 29.3 Å². The SMILES string of the molecule is CC(N)c1ccc2c(c1)c1c(n2C)N2CCC1CC2. The number of benzene rings is 1. The minimum atomic E-state index is 0.112. The summed E-state index contributed by atoms with van der Waals surface area (Å²) in [5, 5.41) is 1.43. The van der Waals surface area contributed by atoms with Crippen LogP contribution in [0.2, 0.25) is 0 Å². The molecule has 100 valence electrons. The van der Waals surface area contributed by atoms with Gasteiger partial charge in [0.1, 0.15) is 5.82 Å². The molecule has 1 fully saturated rings. The van der Waals surface area contributed by atoms with E-state index in [-0.39, 0.29) is 6.04 Å². The molecule has 0 aliphatic carbocycles. The average Bonchev–Trinajstić information content (AvgIpc) is 2.76. The van der Waals surface area contributed by atoms with Crippen LogP contribution in [0.4, 0.5) is 5.82 Å². The first kappa shape index (κ1) is 11.4. The average molecular weight is 255 g/mol. The first-order chi connectivity index (χ1) is 9.16. The van der Waals surface area contributed by atoms with Gasteiger partial charge in [-0.3, -0.25) is 0 Å². The van der Waals surface area contributed by atoms with E-state index < -0.39 is 0 Å². The lowest BCUT2D eigenvalue weighted by atomic mass is 9.84. The van der Waals surface area contributed by atoms with Crippen LogP contribution in [0.25, 0.3) is 10.9 Å². The molecule has 1 aromatic carbocycles. The van der Waals surface area contributed by atoms with Gasteiger partial charge < -0.3 is 15.2 Å². The summed E-state index contributed by atoms with van der Waals surface area (Å²) in [6, 6.07) is 6.85. The van der Waals surface area contributed by atoms with E-state index in [1.54, 1.807) is 5.56 Å². The lowest BCUT2D eigenvalue weighted by Crippen LogP contribution is -2.39. The fourth-order valence-electron chi connectivity index (χ4n) is 3.93. The van der Waals surface area contributed by atoms with Crippen LogP contribution >= 0.6 is 0 Å². The van der Waals surface area contributed by atoms with E-state index in [1.165, 1.54) is 48.2 Å². The summed E-state index contributed by atoms with van der Waals surface area (Å²) in [7, 11) is 2.20. The zero-order valence-electron chi connectivity index (χ0n) is 11.7. The Morgan fingerprint density at radius 2 is 2.00 bits per heavy atom. The van der Waals surface area contributed by atoms with Crippen LogP contribution < -0.4 is 10.6 Å². The van der Waals surface area contributed by atoms with Crippen LogP contribution in [-0.4, -0.2) is 17.7 Å². The molecule has 4 heterocycles. The topological polar surface area (TPSA) is 34.2 Å². The van der Waals surface area contributed by atoms with Crippen molar-refractivity contribution in [1.29, 1.82) is 0 Å². The molecule has 1 saturated heterocycles. The second-order valence-corrected chi connectivity index (χ2v) is 6.12. The molecule has 1 unspecified atom stereocenters. The van der Waals surface area contributed by atoms with Crippen LogP contribution in [0, 0.1) is 0 Å². The second-order valence-electron chi connectivity index (χ2n) is 6.12. The van der Waals surface area contributed by atoms with Gasteiger partial charge in [-0.25, -0.2) is 0 Å². The van der Waals surface area contributed by atoms with Gasteiger partial charge in [0.2, 0.25) is 0 Å². The largest absolute Gasteiger partial charge is 0.358 e. The van der Waals surface area contributed by atoms with Crippen LogP contribution in [0.1, 0.15) is 42.9 Å². The minimum absolute atomic E-state index is 0.112. The predicted octanol–water partition coefficient (Wildman–Crippen LogP) is 2.90. The van der Waals surface area contributed by atoms with Gasteiger partial charge >= 0.3 is 0 Å². The molecule has 0 saturated carbocycles. The van der Waals surface area contributed by atoms with Crippen molar-refractivity contribution in [2.75, 3.05) is 18.0 Å². The summed E-state index contributed by atoms with van der Waals surface area (Å²) in [6.45, 7) is 4.51. The van der Waals surface area contributed by atoms with Crippen LogP contribution in [-0.2, 0) is 7.05 Å². The van der Waals surface area contributed by atoms with E-state index in [2.05, 4.69) is 41.6 Å². The van der Waals surface area contributed by atoms with Gasteiger partial charge in [-0.05, 0) is 43.4 Å². The van der Waals surface area contributed by atoms with Crippen LogP contribution in [0.5, 0.6) is 0 Å². The lowest BCUT2D eigenvalue weighted by molar-refractivity contribution is 0.469. The molecule has 3 aliphatic rings. The number of aryl methyl sites for hydroxylation is 1. The number of anilines is 1. The van der Waals surface area contributed by atoms with Gasteiger partial charge in [0.05, 0.1) is 0 Å². The maximum absolute atomic E-state index is 6.05. The van der Waals surface area contributed by atoms with Crippen molar-refractivity contribution < 1.29 is 0 Å². The monoisotopic (exact) mass is 255 g/mol. The van der Waals surface area contributed by atoms with Gasteiger partial charge in [0.25, 0.3) is 0 Å². The summed E-state index contributed by atoms with van der Waals surface area (Å²) in [5.74, 6) is 2.21. The van der Waals surface area contributed by atoms with Gasteiger partial charge in [0, 0.05) is 42.6 Å². The van der Waals surface area contributed by atoms with Crippen molar-refractivity contribution >= 4 is 16.7 Å². The third kappa shape index (κ3) is 1.42. The van der Waals surface area contributed by atoms with Crippen LogP contribution in [0.15, 0.2) is 18.2 Å². The maximum Gasteiger partial charge on any atom is 0.112 e. The second kappa shape index (κ2) is 3.76. The number of piperidine rings is 1. The van der Waals surface area contributed by atoms with Gasteiger partial charge in [0.15, 0.2) is 0 Å². The molecular weight excluding hydrogens is 234 g/mol. The Morgan fingerprint density at radius 1 is 1.26 bits per heavy atom. The van der Waals surface area contributed by atoms with E-state index in [0.717, 1.165) is 5.92 Å². The quantitative estimate of drug-likeness (QED) is 0.850. The standard InChI is InChI=1S/C16H21N3/c1-10(17)12-3-4-14-13(9-12)15-11-5-7-19(8-6-11)16(15)18(14)2/h3-4,9-11H,5-8,17H2,1-2H3.